The van der Waals surface area contributed by atoms with Gasteiger partial charge in [0.15, 0.2) is 0 Å². The predicted molar refractivity (Wildman–Crippen MR) is 127 cm³/mol. The number of hydrogen-bond acceptors (Lipinski definition) is 8. The van der Waals surface area contributed by atoms with Crippen molar-refractivity contribution in [1.29, 1.82) is 0 Å². The summed E-state index contributed by atoms with van der Waals surface area (Å²) in [6.45, 7) is 2.11. The van der Waals surface area contributed by atoms with Crippen LogP contribution in [0.15, 0.2) is 53.3 Å². The highest BCUT2D eigenvalue weighted by Gasteiger charge is 2.10. The smallest absolute Gasteiger partial charge is 0.337 e. The Kier molecular flexibility index (Phi) is 8.15. The Bertz CT molecular complexity index is 1370. The minimum atomic E-state index is -0.549. The quantitative estimate of drug-likeness (QED) is 0.374. The van der Waals surface area contributed by atoms with Crippen LogP contribution in [0.2, 0.25) is 0 Å². The van der Waals surface area contributed by atoms with Crippen molar-refractivity contribution in [3.05, 3.63) is 90.3 Å². The highest BCUT2D eigenvalue weighted by atomic mass is 32.1. The van der Waals surface area contributed by atoms with Gasteiger partial charge in [-0.25, -0.2) is 14.4 Å². The summed E-state index contributed by atoms with van der Waals surface area (Å²) < 4.78 is 16.7. The number of esters is 3. The van der Waals surface area contributed by atoms with E-state index in [1.54, 1.807) is 61.5 Å². The van der Waals surface area contributed by atoms with E-state index in [9.17, 15) is 19.2 Å². The maximum Gasteiger partial charge on any atom is 0.337 e. The molecule has 0 aliphatic carbocycles. The minimum absolute atomic E-state index is 0.192. The Morgan fingerprint density at radius 1 is 0.912 bits per heavy atom. The molecule has 0 radical (unpaired) electrons. The minimum Gasteiger partial charge on any atom is -0.465 e. The van der Waals surface area contributed by atoms with E-state index >= 15 is 0 Å². The second-order valence-corrected chi connectivity index (χ2v) is 8.10. The lowest BCUT2D eigenvalue weighted by molar-refractivity contribution is -0.135. The Hall–Kier alpha value is -3.98. The van der Waals surface area contributed by atoms with E-state index in [1.165, 1.54) is 24.9 Å². The van der Waals surface area contributed by atoms with Crippen LogP contribution in [0.3, 0.4) is 0 Å². The largest absolute Gasteiger partial charge is 0.465 e. The number of rotatable bonds is 7. The number of benzene rings is 2. The van der Waals surface area contributed by atoms with Crippen LogP contribution >= 0.6 is 11.3 Å². The molecule has 0 atom stereocenters. The maximum atomic E-state index is 13.2. The van der Waals surface area contributed by atoms with Crippen LogP contribution < -0.4 is 14.8 Å². The van der Waals surface area contributed by atoms with Crippen LogP contribution in [0.4, 0.5) is 0 Å². The van der Waals surface area contributed by atoms with Gasteiger partial charge >= 0.3 is 17.9 Å². The molecule has 0 spiro atoms. The zero-order valence-electron chi connectivity index (χ0n) is 18.9. The van der Waals surface area contributed by atoms with Crippen LogP contribution in [0.1, 0.15) is 38.8 Å². The Balaban J connectivity index is 2.04. The van der Waals surface area contributed by atoms with Gasteiger partial charge in [0.2, 0.25) is 0 Å². The number of hydrogen-bond donors (Lipinski definition) is 0. The zero-order valence-corrected chi connectivity index (χ0v) is 19.7. The van der Waals surface area contributed by atoms with E-state index in [-0.39, 0.29) is 18.7 Å². The molecule has 2 aromatic carbocycles. The van der Waals surface area contributed by atoms with E-state index < -0.39 is 17.9 Å². The zero-order chi connectivity index (χ0) is 24.7. The van der Waals surface area contributed by atoms with Crippen LogP contribution in [0, 0.1) is 0 Å². The van der Waals surface area contributed by atoms with Gasteiger partial charge in [-0.05, 0) is 48.4 Å². The van der Waals surface area contributed by atoms with E-state index in [0.29, 0.717) is 25.9 Å². The molecule has 1 heterocycles. The van der Waals surface area contributed by atoms with Crippen molar-refractivity contribution in [3.63, 3.8) is 0 Å². The first-order valence-corrected chi connectivity index (χ1v) is 11.1. The van der Waals surface area contributed by atoms with Crippen LogP contribution in [0.5, 0.6) is 0 Å². The second kappa shape index (κ2) is 11.2. The van der Waals surface area contributed by atoms with E-state index in [2.05, 4.69) is 0 Å². The molecule has 0 unspecified atom stereocenters. The van der Waals surface area contributed by atoms with Gasteiger partial charge in [-0.3, -0.25) is 9.36 Å². The number of aromatic nitrogens is 1. The Morgan fingerprint density at radius 3 is 2.00 bits per heavy atom. The van der Waals surface area contributed by atoms with E-state index in [4.69, 9.17) is 14.2 Å². The van der Waals surface area contributed by atoms with Gasteiger partial charge in [-0.2, -0.15) is 0 Å². The summed E-state index contributed by atoms with van der Waals surface area (Å²) in [4.78, 5) is 48.6. The van der Waals surface area contributed by atoms with E-state index in [0.717, 1.165) is 16.9 Å². The fourth-order valence-corrected chi connectivity index (χ4v) is 4.14. The number of carbonyl (C=O) groups is 3. The molecule has 0 bridgehead atoms. The number of nitrogens with zero attached hydrogens (tertiary/aromatic N) is 1. The fraction of sp³-hybridized carbons (Fsp3) is 0.200. The first-order chi connectivity index (χ1) is 16.4. The highest BCUT2D eigenvalue weighted by molar-refractivity contribution is 7.07. The summed E-state index contributed by atoms with van der Waals surface area (Å²) >= 11 is 1.15. The average molecular weight is 482 g/mol. The predicted octanol–water partition coefficient (Wildman–Crippen LogP) is 1.70. The van der Waals surface area contributed by atoms with Crippen LogP contribution in [0.25, 0.3) is 12.2 Å². The molecular weight excluding hydrogens is 458 g/mol. The Morgan fingerprint density at radius 2 is 1.47 bits per heavy atom. The summed E-state index contributed by atoms with van der Waals surface area (Å²) in [6, 6.07) is 13.3. The maximum absolute atomic E-state index is 13.2. The van der Waals surface area contributed by atoms with Crippen molar-refractivity contribution in [1.82, 2.24) is 4.57 Å². The third kappa shape index (κ3) is 5.87. The number of thiazole rings is 1. The summed E-state index contributed by atoms with van der Waals surface area (Å²) in [7, 11) is 2.61. The summed E-state index contributed by atoms with van der Waals surface area (Å²) in [5.41, 5.74) is 1.99. The van der Waals surface area contributed by atoms with Gasteiger partial charge < -0.3 is 14.2 Å². The topological polar surface area (TPSA) is 101 Å². The lowest BCUT2D eigenvalue weighted by Gasteiger charge is -2.04. The monoisotopic (exact) mass is 481 g/mol. The van der Waals surface area contributed by atoms with Crippen molar-refractivity contribution in [2.24, 2.45) is 0 Å². The molecule has 0 saturated carbocycles. The molecule has 34 heavy (non-hydrogen) atoms. The standard InChI is InChI=1S/C25H23NO7S/c1-4-33-22(27)14-21-26(15-17-7-11-19(12-8-17)25(30)32-3)23(28)20(34-21)13-16-5-9-18(10-6-16)24(29)31-2/h5-14H,4,15H2,1-3H3. The third-order valence-corrected chi connectivity index (χ3v) is 5.87. The van der Waals surface area contributed by atoms with Gasteiger partial charge in [0.25, 0.3) is 5.56 Å². The van der Waals surface area contributed by atoms with Gasteiger partial charge in [0, 0.05) is 0 Å². The molecule has 0 aliphatic rings. The summed E-state index contributed by atoms with van der Waals surface area (Å²) in [6.07, 6.45) is 2.98. The molecule has 0 aliphatic heterocycles. The molecule has 0 N–H and O–H groups in total. The molecule has 8 nitrogen and oxygen atoms in total. The average Bonchev–Trinajstić information content (AvgIpc) is 3.12. The first-order valence-electron chi connectivity index (χ1n) is 10.3. The van der Waals surface area contributed by atoms with Gasteiger partial charge in [0.05, 0.1) is 49.1 Å². The first kappa shape index (κ1) is 24.7. The highest BCUT2D eigenvalue weighted by Crippen LogP contribution is 2.08. The SMILES string of the molecule is CCOC(=O)C=c1sc(=Cc2ccc(C(=O)OC)cc2)c(=O)n1Cc1ccc(C(=O)OC)cc1. The van der Waals surface area contributed by atoms with Crippen LogP contribution in [-0.4, -0.2) is 43.3 Å². The van der Waals surface area contributed by atoms with Crippen molar-refractivity contribution >= 4 is 41.4 Å². The number of carbonyl (C=O) groups excluding carboxylic acids is 3. The number of ether oxygens (including phenoxy) is 3. The van der Waals surface area contributed by atoms with Gasteiger partial charge in [0.1, 0.15) is 4.66 Å². The lowest BCUT2D eigenvalue weighted by atomic mass is 10.1. The summed E-state index contributed by atoms with van der Waals surface area (Å²) in [5, 5.41) is 0. The fourth-order valence-electron chi connectivity index (χ4n) is 3.11. The van der Waals surface area contributed by atoms with Crippen molar-refractivity contribution in [2.45, 2.75) is 13.5 Å². The Labute approximate surface area is 199 Å². The summed E-state index contributed by atoms with van der Waals surface area (Å²) in [5.74, 6) is -1.45. The molecule has 9 heteroatoms. The molecule has 1 aromatic heterocycles. The molecule has 176 valence electrons. The molecular formula is C25H23NO7S. The van der Waals surface area contributed by atoms with Crippen molar-refractivity contribution < 1.29 is 28.6 Å². The molecule has 3 aromatic rings. The van der Waals surface area contributed by atoms with Crippen LogP contribution in [-0.2, 0) is 25.5 Å². The van der Waals surface area contributed by atoms with E-state index in [1.807, 2.05) is 0 Å². The van der Waals surface area contributed by atoms with Crippen molar-refractivity contribution in [3.8, 4) is 0 Å². The van der Waals surface area contributed by atoms with Gasteiger partial charge in [-0.1, -0.05) is 24.3 Å². The second-order valence-electron chi connectivity index (χ2n) is 7.04. The van der Waals surface area contributed by atoms with Crippen molar-refractivity contribution in [2.75, 3.05) is 20.8 Å². The molecule has 3 rings (SSSR count). The molecule has 0 saturated heterocycles. The lowest BCUT2D eigenvalue weighted by Crippen LogP contribution is -2.32. The van der Waals surface area contributed by atoms with Gasteiger partial charge in [-0.15, -0.1) is 11.3 Å². The molecule has 0 fully saturated rings. The number of methoxy groups -OCH3 is 2. The normalized spacial score (nSPS) is 11.9. The third-order valence-electron chi connectivity index (χ3n) is 4.81. The molecule has 0 amide bonds.